The highest BCUT2D eigenvalue weighted by atomic mass is 19.1. The first-order valence-electron chi connectivity index (χ1n) is 5.91. The number of hydrogen-bond acceptors (Lipinski definition) is 2. The molecule has 1 aromatic rings. The second kappa shape index (κ2) is 4.27. The Morgan fingerprint density at radius 1 is 1.12 bits per heavy atom. The van der Waals surface area contributed by atoms with E-state index in [1.807, 2.05) is 0 Å². The number of rotatable bonds is 2. The lowest BCUT2D eigenvalue weighted by Crippen LogP contribution is -2.09. The SMILES string of the molecule is Fc1ccc(N=C=NC2CC3C=CC2C3)cc1. The first-order chi connectivity index (χ1) is 8.31. The van der Waals surface area contributed by atoms with Crippen molar-refractivity contribution < 1.29 is 4.39 Å². The summed E-state index contributed by atoms with van der Waals surface area (Å²) in [4.78, 5) is 8.45. The van der Waals surface area contributed by atoms with Crippen molar-refractivity contribution in [1.82, 2.24) is 0 Å². The van der Waals surface area contributed by atoms with E-state index in [0.29, 0.717) is 23.6 Å². The molecule has 86 valence electrons. The molecule has 3 unspecified atom stereocenters. The van der Waals surface area contributed by atoms with Crippen LogP contribution in [0, 0.1) is 17.7 Å². The normalized spacial score (nSPS) is 29.1. The number of halogens is 1. The highest BCUT2D eigenvalue weighted by Gasteiger charge is 2.35. The molecule has 2 nitrogen and oxygen atoms in total. The van der Waals surface area contributed by atoms with Gasteiger partial charge in [0.15, 0.2) is 0 Å². The van der Waals surface area contributed by atoms with Crippen LogP contribution in [0.5, 0.6) is 0 Å². The molecule has 3 heteroatoms. The summed E-state index contributed by atoms with van der Waals surface area (Å²) in [7, 11) is 0. The molecule has 17 heavy (non-hydrogen) atoms. The second-order valence-electron chi connectivity index (χ2n) is 4.66. The summed E-state index contributed by atoms with van der Waals surface area (Å²) >= 11 is 0. The first-order valence-corrected chi connectivity index (χ1v) is 5.91. The molecule has 0 amide bonds. The van der Waals surface area contributed by atoms with Gasteiger partial charge in [-0.3, -0.25) is 0 Å². The van der Waals surface area contributed by atoms with Crippen LogP contribution in [-0.2, 0) is 0 Å². The molecule has 3 atom stereocenters. The largest absolute Gasteiger partial charge is 0.221 e. The minimum Gasteiger partial charge on any atom is -0.221 e. The summed E-state index contributed by atoms with van der Waals surface area (Å²) in [6.45, 7) is 0. The molecule has 0 aliphatic heterocycles. The van der Waals surface area contributed by atoms with Crippen molar-refractivity contribution in [3.63, 3.8) is 0 Å². The zero-order valence-corrected chi connectivity index (χ0v) is 9.38. The van der Waals surface area contributed by atoms with Gasteiger partial charge in [-0.15, -0.1) is 0 Å². The molecular formula is C14H13FN2. The average molecular weight is 228 g/mol. The third-order valence-electron chi connectivity index (χ3n) is 3.47. The molecule has 1 fully saturated rings. The standard InChI is InChI=1S/C14H13FN2/c15-12-3-5-13(6-4-12)16-9-17-14-8-10-1-2-11(14)7-10/h1-6,10-11,14H,7-8H2. The summed E-state index contributed by atoms with van der Waals surface area (Å²) < 4.78 is 12.7. The number of allylic oxidation sites excluding steroid dienone is 1. The predicted octanol–water partition coefficient (Wildman–Crippen LogP) is 3.60. The molecule has 0 heterocycles. The molecule has 0 radical (unpaired) electrons. The number of fused-ring (bicyclic) bond motifs is 2. The highest BCUT2D eigenvalue weighted by molar-refractivity contribution is 5.52. The van der Waals surface area contributed by atoms with Crippen LogP contribution >= 0.6 is 0 Å². The van der Waals surface area contributed by atoms with E-state index in [-0.39, 0.29) is 5.82 Å². The fraction of sp³-hybridized carbons (Fsp3) is 0.357. The van der Waals surface area contributed by atoms with E-state index in [1.54, 1.807) is 12.1 Å². The van der Waals surface area contributed by atoms with Gasteiger partial charge in [-0.2, -0.15) is 4.99 Å². The summed E-state index contributed by atoms with van der Waals surface area (Å²) in [6, 6.07) is 9.11. The van der Waals surface area contributed by atoms with Gasteiger partial charge in [-0.1, -0.05) is 12.2 Å². The van der Waals surface area contributed by atoms with E-state index in [0.717, 1.165) is 6.42 Å². The maximum absolute atomic E-state index is 12.7. The second-order valence-corrected chi connectivity index (χ2v) is 4.66. The maximum Gasteiger partial charge on any atom is 0.123 e. The van der Waals surface area contributed by atoms with E-state index < -0.39 is 0 Å². The van der Waals surface area contributed by atoms with Crippen molar-refractivity contribution >= 4 is 11.7 Å². The molecule has 2 bridgehead atoms. The van der Waals surface area contributed by atoms with Crippen molar-refractivity contribution in [2.45, 2.75) is 18.9 Å². The molecule has 1 aromatic carbocycles. The van der Waals surface area contributed by atoms with Crippen LogP contribution < -0.4 is 0 Å². The Morgan fingerprint density at radius 2 is 1.94 bits per heavy atom. The van der Waals surface area contributed by atoms with E-state index >= 15 is 0 Å². The fourth-order valence-corrected chi connectivity index (χ4v) is 2.58. The lowest BCUT2D eigenvalue weighted by molar-refractivity contribution is 0.581. The first kappa shape index (κ1) is 10.4. The van der Waals surface area contributed by atoms with Crippen molar-refractivity contribution in [3.8, 4) is 0 Å². The van der Waals surface area contributed by atoms with Crippen molar-refractivity contribution in [2.24, 2.45) is 21.8 Å². The molecular weight excluding hydrogens is 215 g/mol. The molecule has 0 N–H and O–H groups in total. The molecule has 3 rings (SSSR count). The van der Waals surface area contributed by atoms with Crippen LogP contribution in [0.4, 0.5) is 10.1 Å². The van der Waals surface area contributed by atoms with Gasteiger partial charge in [-0.25, -0.2) is 9.38 Å². The molecule has 0 saturated heterocycles. The van der Waals surface area contributed by atoms with Crippen molar-refractivity contribution in [1.29, 1.82) is 0 Å². The minimum absolute atomic E-state index is 0.251. The van der Waals surface area contributed by atoms with Gasteiger partial charge in [0.1, 0.15) is 5.82 Å². The van der Waals surface area contributed by atoms with Gasteiger partial charge < -0.3 is 0 Å². The molecule has 2 aliphatic rings. The Balaban J connectivity index is 1.70. The van der Waals surface area contributed by atoms with Gasteiger partial charge in [-0.05, 0) is 43.0 Å². The Hall–Kier alpha value is -1.73. The van der Waals surface area contributed by atoms with Crippen LogP contribution in [0.2, 0.25) is 0 Å². The van der Waals surface area contributed by atoms with E-state index in [4.69, 9.17) is 0 Å². The molecule has 0 aromatic heterocycles. The lowest BCUT2D eigenvalue weighted by atomic mass is 10.0. The zero-order valence-electron chi connectivity index (χ0n) is 9.38. The fourth-order valence-electron chi connectivity index (χ4n) is 2.58. The number of hydrogen-bond donors (Lipinski definition) is 0. The van der Waals surface area contributed by atoms with Crippen molar-refractivity contribution in [3.05, 3.63) is 42.2 Å². The topological polar surface area (TPSA) is 24.7 Å². The minimum atomic E-state index is -0.251. The third-order valence-corrected chi connectivity index (χ3v) is 3.47. The Morgan fingerprint density at radius 3 is 2.59 bits per heavy atom. The summed E-state index contributed by atoms with van der Waals surface area (Å²) in [5.74, 6) is 1.04. The van der Waals surface area contributed by atoms with Gasteiger partial charge in [0.25, 0.3) is 0 Å². The van der Waals surface area contributed by atoms with Crippen LogP contribution in [0.3, 0.4) is 0 Å². The summed E-state index contributed by atoms with van der Waals surface area (Å²) in [5.41, 5.74) is 0.689. The van der Waals surface area contributed by atoms with E-state index in [9.17, 15) is 4.39 Å². The average Bonchev–Trinajstić information content (AvgIpc) is 2.94. The third kappa shape index (κ3) is 2.20. The monoisotopic (exact) mass is 228 g/mol. The van der Waals surface area contributed by atoms with Crippen LogP contribution in [-0.4, -0.2) is 12.1 Å². The molecule has 2 aliphatic carbocycles. The number of aliphatic imine (C=N–C) groups is 2. The Bertz CT molecular complexity index is 497. The van der Waals surface area contributed by atoms with Crippen LogP contribution in [0.1, 0.15) is 12.8 Å². The number of benzene rings is 1. The highest BCUT2D eigenvalue weighted by Crippen LogP contribution is 2.40. The van der Waals surface area contributed by atoms with E-state index in [2.05, 4.69) is 28.1 Å². The maximum atomic E-state index is 12.7. The van der Waals surface area contributed by atoms with Gasteiger partial charge >= 0.3 is 0 Å². The summed E-state index contributed by atoms with van der Waals surface area (Å²) in [6.07, 6.45) is 6.88. The Kier molecular flexibility index (Phi) is 2.62. The molecule has 1 saturated carbocycles. The smallest absolute Gasteiger partial charge is 0.123 e. The predicted molar refractivity (Wildman–Crippen MR) is 65.1 cm³/mol. The van der Waals surface area contributed by atoms with E-state index in [1.165, 1.54) is 18.6 Å². The number of nitrogens with zero attached hydrogens (tertiary/aromatic N) is 2. The van der Waals surface area contributed by atoms with Gasteiger partial charge in [0.2, 0.25) is 0 Å². The zero-order chi connectivity index (χ0) is 11.7. The Labute approximate surface area is 99.6 Å². The lowest BCUT2D eigenvalue weighted by Gasteiger charge is -2.09. The molecule has 0 spiro atoms. The quantitative estimate of drug-likeness (QED) is 0.546. The van der Waals surface area contributed by atoms with Gasteiger partial charge in [0, 0.05) is 5.92 Å². The van der Waals surface area contributed by atoms with Gasteiger partial charge in [0.05, 0.1) is 17.7 Å². The van der Waals surface area contributed by atoms with Crippen molar-refractivity contribution in [2.75, 3.05) is 0 Å². The van der Waals surface area contributed by atoms with Crippen LogP contribution in [0.25, 0.3) is 0 Å². The van der Waals surface area contributed by atoms with Crippen LogP contribution in [0.15, 0.2) is 46.4 Å². The summed E-state index contributed by atoms with van der Waals surface area (Å²) in [5, 5.41) is 0.